The molecule has 1 aromatic heterocycles. The fourth-order valence-electron chi connectivity index (χ4n) is 1.52. The lowest BCUT2D eigenvalue weighted by Crippen LogP contribution is -2.07. The van der Waals surface area contributed by atoms with Crippen molar-refractivity contribution in [3.05, 3.63) is 41.5 Å². The first-order chi connectivity index (χ1) is 8.58. The van der Waals surface area contributed by atoms with Crippen LogP contribution in [0.1, 0.15) is 21.7 Å². The molecule has 1 heterocycles. The van der Waals surface area contributed by atoms with Gasteiger partial charge in [-0.05, 0) is 24.6 Å². The van der Waals surface area contributed by atoms with Crippen molar-refractivity contribution in [3.8, 4) is 5.75 Å². The molecule has 0 fully saturated rings. The maximum atomic E-state index is 11.0. The lowest BCUT2D eigenvalue weighted by Gasteiger charge is -2.09. The molecule has 6 nitrogen and oxygen atoms in total. The topological polar surface area (TPSA) is 77.2 Å². The second-order valence-corrected chi connectivity index (χ2v) is 3.89. The van der Waals surface area contributed by atoms with Crippen LogP contribution in [-0.4, -0.2) is 25.8 Å². The van der Waals surface area contributed by atoms with E-state index in [2.05, 4.69) is 10.1 Å². The molecule has 94 valence electrons. The van der Waals surface area contributed by atoms with Crippen molar-refractivity contribution in [1.29, 1.82) is 0 Å². The third kappa shape index (κ3) is 2.48. The van der Waals surface area contributed by atoms with Gasteiger partial charge in [-0.25, -0.2) is 9.78 Å². The predicted octanol–water partition coefficient (Wildman–Crippen LogP) is 1.40. The Morgan fingerprint density at radius 3 is 2.89 bits per heavy atom. The summed E-state index contributed by atoms with van der Waals surface area (Å²) in [7, 11) is 1.75. The van der Waals surface area contributed by atoms with Crippen molar-refractivity contribution in [2.24, 2.45) is 7.05 Å². The van der Waals surface area contributed by atoms with Crippen molar-refractivity contribution in [3.63, 3.8) is 0 Å². The summed E-state index contributed by atoms with van der Waals surface area (Å²) >= 11 is 0. The Morgan fingerprint density at radius 1 is 1.50 bits per heavy atom. The van der Waals surface area contributed by atoms with Gasteiger partial charge in [0.05, 0.1) is 0 Å². The van der Waals surface area contributed by atoms with Crippen LogP contribution in [-0.2, 0) is 13.7 Å². The van der Waals surface area contributed by atoms with Gasteiger partial charge in [-0.3, -0.25) is 4.68 Å². The molecule has 0 atom stereocenters. The number of hydrogen-bond donors (Lipinski definition) is 1. The van der Waals surface area contributed by atoms with E-state index in [4.69, 9.17) is 9.84 Å². The molecule has 0 saturated heterocycles. The maximum absolute atomic E-state index is 11.0. The molecule has 0 aliphatic rings. The average molecular weight is 247 g/mol. The van der Waals surface area contributed by atoms with Crippen molar-refractivity contribution in [2.45, 2.75) is 13.5 Å². The molecule has 0 radical (unpaired) electrons. The Bertz CT molecular complexity index is 578. The van der Waals surface area contributed by atoms with Crippen LogP contribution in [0.2, 0.25) is 0 Å². The van der Waals surface area contributed by atoms with Crippen LogP contribution in [0.4, 0.5) is 0 Å². The highest BCUT2D eigenvalue weighted by atomic mass is 16.5. The molecule has 0 amide bonds. The first-order valence-electron chi connectivity index (χ1n) is 5.37. The summed E-state index contributed by atoms with van der Waals surface area (Å²) in [4.78, 5) is 15.1. The number of nitrogens with zero attached hydrogens (tertiary/aromatic N) is 3. The minimum Gasteiger partial charge on any atom is -0.485 e. The largest absolute Gasteiger partial charge is 0.485 e. The van der Waals surface area contributed by atoms with Crippen LogP contribution in [0.15, 0.2) is 24.5 Å². The lowest BCUT2D eigenvalue weighted by molar-refractivity contribution is 0.0691. The van der Waals surface area contributed by atoms with Gasteiger partial charge in [0.1, 0.15) is 24.2 Å². The van der Waals surface area contributed by atoms with Crippen LogP contribution >= 0.6 is 0 Å². The van der Waals surface area contributed by atoms with Gasteiger partial charge in [0.15, 0.2) is 5.82 Å². The number of aromatic nitrogens is 3. The van der Waals surface area contributed by atoms with E-state index in [0.29, 0.717) is 11.6 Å². The molecule has 0 spiro atoms. The van der Waals surface area contributed by atoms with E-state index in [9.17, 15) is 4.79 Å². The lowest BCUT2D eigenvalue weighted by atomic mass is 10.1. The van der Waals surface area contributed by atoms with Gasteiger partial charge < -0.3 is 9.84 Å². The number of carboxylic acids is 1. The zero-order chi connectivity index (χ0) is 13.1. The zero-order valence-corrected chi connectivity index (χ0v) is 10.1. The molecule has 6 heteroatoms. The third-order valence-electron chi connectivity index (χ3n) is 2.53. The van der Waals surface area contributed by atoms with E-state index in [1.165, 1.54) is 12.4 Å². The summed E-state index contributed by atoms with van der Waals surface area (Å²) in [6.07, 6.45) is 1.42. The number of benzene rings is 1. The SMILES string of the molecule is Cc1ccc(C(=O)O)c(OCc2ncnn2C)c1. The van der Waals surface area contributed by atoms with Crippen LogP contribution in [0, 0.1) is 6.92 Å². The number of carboxylic acid groups (broad SMARTS) is 1. The monoisotopic (exact) mass is 247 g/mol. The van der Waals surface area contributed by atoms with Crippen LogP contribution in [0.5, 0.6) is 5.75 Å². The summed E-state index contributed by atoms with van der Waals surface area (Å²) < 4.78 is 7.08. The predicted molar refractivity (Wildman–Crippen MR) is 63.5 cm³/mol. The molecular formula is C12H13N3O3. The van der Waals surface area contributed by atoms with E-state index >= 15 is 0 Å². The second-order valence-electron chi connectivity index (χ2n) is 3.89. The number of ether oxygens (including phenoxy) is 1. The Labute approximate surface area is 104 Å². The van der Waals surface area contributed by atoms with Gasteiger partial charge in [0, 0.05) is 7.05 Å². The molecule has 0 aliphatic heterocycles. The quantitative estimate of drug-likeness (QED) is 0.883. The molecule has 2 aromatic rings. The van der Waals surface area contributed by atoms with Crippen molar-refractivity contribution in [2.75, 3.05) is 0 Å². The number of aryl methyl sites for hydroxylation is 2. The number of carbonyl (C=O) groups is 1. The summed E-state index contributed by atoms with van der Waals surface area (Å²) in [5.41, 5.74) is 1.08. The van der Waals surface area contributed by atoms with Crippen molar-refractivity contribution in [1.82, 2.24) is 14.8 Å². The van der Waals surface area contributed by atoms with E-state index in [-0.39, 0.29) is 12.2 Å². The van der Waals surface area contributed by atoms with E-state index in [1.54, 1.807) is 23.9 Å². The highest BCUT2D eigenvalue weighted by molar-refractivity contribution is 5.90. The first-order valence-corrected chi connectivity index (χ1v) is 5.37. The van der Waals surface area contributed by atoms with Gasteiger partial charge >= 0.3 is 5.97 Å². The Hall–Kier alpha value is -2.37. The Kier molecular flexibility index (Phi) is 3.27. The van der Waals surface area contributed by atoms with E-state index in [1.807, 2.05) is 6.92 Å². The summed E-state index contributed by atoms with van der Waals surface area (Å²) in [5, 5.41) is 13.0. The number of hydrogen-bond acceptors (Lipinski definition) is 4. The van der Waals surface area contributed by atoms with Gasteiger partial charge in [0.25, 0.3) is 0 Å². The summed E-state index contributed by atoms with van der Waals surface area (Å²) in [6, 6.07) is 4.96. The Balaban J connectivity index is 2.20. The molecule has 1 N–H and O–H groups in total. The normalized spacial score (nSPS) is 10.3. The summed E-state index contributed by atoms with van der Waals surface area (Å²) in [5.74, 6) is -0.0405. The highest BCUT2D eigenvalue weighted by Crippen LogP contribution is 2.21. The third-order valence-corrected chi connectivity index (χ3v) is 2.53. The molecular weight excluding hydrogens is 234 g/mol. The summed E-state index contributed by atoms with van der Waals surface area (Å²) in [6.45, 7) is 2.06. The van der Waals surface area contributed by atoms with Crippen molar-refractivity contribution >= 4 is 5.97 Å². The van der Waals surface area contributed by atoms with Crippen LogP contribution < -0.4 is 4.74 Å². The second kappa shape index (κ2) is 4.87. The molecule has 1 aromatic carbocycles. The molecule has 0 saturated carbocycles. The maximum Gasteiger partial charge on any atom is 0.339 e. The van der Waals surface area contributed by atoms with Gasteiger partial charge in [0.2, 0.25) is 0 Å². The van der Waals surface area contributed by atoms with Crippen molar-refractivity contribution < 1.29 is 14.6 Å². The molecule has 0 unspecified atom stereocenters. The molecule has 0 aliphatic carbocycles. The van der Waals surface area contributed by atoms with Gasteiger partial charge in [-0.1, -0.05) is 6.07 Å². The number of rotatable bonds is 4. The van der Waals surface area contributed by atoms with Gasteiger partial charge in [-0.2, -0.15) is 5.10 Å². The molecule has 0 bridgehead atoms. The van der Waals surface area contributed by atoms with Crippen LogP contribution in [0.25, 0.3) is 0 Å². The zero-order valence-electron chi connectivity index (χ0n) is 10.1. The van der Waals surface area contributed by atoms with E-state index < -0.39 is 5.97 Å². The highest BCUT2D eigenvalue weighted by Gasteiger charge is 2.12. The minimum atomic E-state index is -1.01. The molecule has 18 heavy (non-hydrogen) atoms. The smallest absolute Gasteiger partial charge is 0.339 e. The van der Waals surface area contributed by atoms with Crippen LogP contribution in [0.3, 0.4) is 0 Å². The standard InChI is InChI=1S/C12H13N3O3/c1-8-3-4-9(12(16)17)10(5-8)18-6-11-13-7-14-15(11)2/h3-5,7H,6H2,1-2H3,(H,16,17). The first kappa shape index (κ1) is 12.1. The fraction of sp³-hybridized carbons (Fsp3) is 0.250. The van der Waals surface area contributed by atoms with E-state index in [0.717, 1.165) is 5.56 Å². The fourth-order valence-corrected chi connectivity index (χ4v) is 1.52. The number of aromatic carboxylic acids is 1. The molecule has 2 rings (SSSR count). The minimum absolute atomic E-state index is 0.141. The van der Waals surface area contributed by atoms with Gasteiger partial charge in [-0.15, -0.1) is 0 Å². The Morgan fingerprint density at radius 2 is 2.28 bits per heavy atom. The average Bonchev–Trinajstić information content (AvgIpc) is 2.72.